The number of carbonyl (C=O) groups excluding carboxylic acids is 2. The fraction of sp³-hybridized carbons (Fsp3) is 0.222. The van der Waals surface area contributed by atoms with E-state index >= 15 is 0 Å². The van der Waals surface area contributed by atoms with Gasteiger partial charge >= 0.3 is 29.9 Å². The number of rotatable bonds is 6. The van der Waals surface area contributed by atoms with Gasteiger partial charge in [0.25, 0.3) is 10.1 Å². The van der Waals surface area contributed by atoms with E-state index in [1.54, 1.807) is 28.7 Å². The molecule has 0 aliphatic rings. The maximum Gasteiger partial charge on any atom is 0.438 e. The summed E-state index contributed by atoms with van der Waals surface area (Å²) in [7, 11) is -5.95. The summed E-state index contributed by atoms with van der Waals surface area (Å²) in [5.74, 6) is -7.18. The Hall–Kier alpha value is -2.40. The number of ether oxygens (including phenoxy) is 2. The number of benzene rings is 2. The smallest absolute Gasteiger partial charge is 0.434 e. The lowest BCUT2D eigenvalue weighted by Crippen LogP contribution is -2.63. The lowest BCUT2D eigenvalue weighted by molar-refractivity contribution is -0.356. The van der Waals surface area contributed by atoms with Crippen LogP contribution >= 0.6 is 22.6 Å². The maximum atomic E-state index is 13.4. The van der Waals surface area contributed by atoms with Crippen molar-refractivity contribution in [3.63, 3.8) is 0 Å². The van der Waals surface area contributed by atoms with Gasteiger partial charge in [0, 0.05) is 3.57 Å². The number of carbonyl (C=O) groups is 2. The van der Waals surface area contributed by atoms with Crippen LogP contribution in [0.3, 0.4) is 0 Å². The highest BCUT2D eigenvalue weighted by atomic mass is 127. The highest BCUT2D eigenvalue weighted by molar-refractivity contribution is 14.1. The topological polar surface area (TPSA) is 107 Å². The molecular formula is C18H11F6IO7S. The first kappa shape index (κ1) is 26.8. The van der Waals surface area contributed by atoms with Gasteiger partial charge in [-0.1, -0.05) is 18.2 Å². The van der Waals surface area contributed by atoms with Crippen LogP contribution in [0.2, 0.25) is 0 Å². The van der Waals surface area contributed by atoms with E-state index in [-0.39, 0.29) is 9.13 Å². The minimum Gasteiger partial charge on any atom is -0.434 e. The summed E-state index contributed by atoms with van der Waals surface area (Å²) in [4.78, 5) is 24.6. The molecule has 0 aliphatic heterocycles. The number of halogens is 7. The molecule has 2 aromatic carbocycles. The van der Waals surface area contributed by atoms with Gasteiger partial charge in [-0.2, -0.15) is 34.8 Å². The number of alkyl halides is 6. The molecule has 0 saturated heterocycles. The summed E-state index contributed by atoms with van der Waals surface area (Å²) in [6, 6.07) is 9.79. The van der Waals surface area contributed by atoms with Gasteiger partial charge in [-0.3, -0.25) is 4.55 Å². The zero-order valence-electron chi connectivity index (χ0n) is 15.8. The van der Waals surface area contributed by atoms with Gasteiger partial charge in [0.05, 0.1) is 5.56 Å². The normalized spacial score (nSPS) is 12.8. The van der Waals surface area contributed by atoms with Gasteiger partial charge in [0.15, 0.2) is 0 Å². The van der Waals surface area contributed by atoms with Crippen LogP contribution in [0.25, 0.3) is 0 Å². The summed E-state index contributed by atoms with van der Waals surface area (Å²) in [5.41, 5.74) is -6.69. The molecule has 0 aliphatic carbocycles. The van der Waals surface area contributed by atoms with Gasteiger partial charge in [-0.25, -0.2) is 9.59 Å². The molecule has 0 heterocycles. The van der Waals surface area contributed by atoms with Crippen molar-refractivity contribution in [3.8, 4) is 5.75 Å². The third-order valence-corrected chi connectivity index (χ3v) is 5.39. The van der Waals surface area contributed by atoms with Crippen LogP contribution in [-0.4, -0.2) is 48.6 Å². The molecule has 15 heteroatoms. The summed E-state index contributed by atoms with van der Waals surface area (Å²) in [5, 5.41) is 0. The Bertz CT molecular complexity index is 1130. The number of hydrogen-bond donors (Lipinski definition) is 1. The lowest BCUT2D eigenvalue weighted by atomic mass is 10.1. The number of esters is 2. The first-order chi connectivity index (χ1) is 15.0. The van der Waals surface area contributed by atoms with Crippen LogP contribution in [0.5, 0.6) is 5.75 Å². The predicted octanol–water partition coefficient (Wildman–Crippen LogP) is 4.42. The van der Waals surface area contributed by atoms with Crippen molar-refractivity contribution in [1.29, 1.82) is 0 Å². The Morgan fingerprint density at radius 2 is 1.45 bits per heavy atom. The van der Waals surface area contributed by atoms with Gasteiger partial charge in [0.2, 0.25) is 0 Å². The van der Waals surface area contributed by atoms with E-state index in [0.29, 0.717) is 0 Å². The van der Waals surface area contributed by atoms with E-state index in [0.717, 1.165) is 18.2 Å². The monoisotopic (exact) mass is 612 g/mol. The highest BCUT2D eigenvalue weighted by Gasteiger charge is 2.76. The fourth-order valence-corrected chi connectivity index (χ4v) is 3.78. The second-order valence-corrected chi connectivity index (χ2v) is 9.03. The second kappa shape index (κ2) is 9.46. The van der Waals surface area contributed by atoms with E-state index < -0.39 is 57.1 Å². The van der Waals surface area contributed by atoms with E-state index in [1.165, 1.54) is 24.3 Å². The zero-order valence-corrected chi connectivity index (χ0v) is 18.8. The molecular weight excluding hydrogens is 601 g/mol. The highest BCUT2D eigenvalue weighted by Crippen LogP contribution is 2.47. The van der Waals surface area contributed by atoms with E-state index in [9.17, 15) is 44.3 Å². The van der Waals surface area contributed by atoms with Crippen molar-refractivity contribution in [2.75, 3.05) is 5.75 Å². The molecule has 0 spiro atoms. The maximum absolute atomic E-state index is 13.4. The molecule has 2 aromatic rings. The average molecular weight is 612 g/mol. The molecule has 0 bridgehead atoms. The van der Waals surface area contributed by atoms with Crippen molar-refractivity contribution < 1.29 is 58.4 Å². The lowest BCUT2D eigenvalue weighted by Gasteiger charge is -2.35. The quantitative estimate of drug-likeness (QED) is 0.169. The van der Waals surface area contributed by atoms with Gasteiger partial charge in [-0.05, 0) is 52.9 Å². The van der Waals surface area contributed by atoms with Crippen molar-refractivity contribution in [1.82, 2.24) is 0 Å². The van der Waals surface area contributed by atoms with Crippen molar-refractivity contribution in [2.24, 2.45) is 0 Å². The third-order valence-electron chi connectivity index (χ3n) is 3.94. The molecule has 180 valence electrons. The number of hydrogen-bond acceptors (Lipinski definition) is 6. The zero-order chi connectivity index (χ0) is 25.2. The molecule has 0 aromatic heterocycles. The largest absolute Gasteiger partial charge is 0.438 e. The summed E-state index contributed by atoms with van der Waals surface area (Å²) >= 11 is 1.66. The SMILES string of the molecule is O=C(Oc1cc(I)ccc1C(=O)OC(CS(=O)(=O)O)(C(F)(F)F)C(F)(F)F)c1ccccc1. The second-order valence-electron chi connectivity index (χ2n) is 6.33. The standard InChI is InChI=1S/C18H11F6IO7S/c19-17(20,21)16(18(22,23)24,9-33(28,29)30)32-15(27)12-7-6-11(25)8-13(12)31-14(26)10-4-2-1-3-5-10/h1-8H,9H2,(H,28,29,30). The average Bonchev–Trinajstić information content (AvgIpc) is 2.65. The molecule has 0 amide bonds. The molecule has 0 unspecified atom stereocenters. The van der Waals surface area contributed by atoms with Crippen LogP contribution in [0, 0.1) is 3.57 Å². The Kier molecular flexibility index (Phi) is 7.69. The minimum atomic E-state index is -6.50. The molecule has 0 atom stereocenters. The van der Waals surface area contributed by atoms with Gasteiger partial charge in [-0.15, -0.1) is 0 Å². The molecule has 33 heavy (non-hydrogen) atoms. The van der Waals surface area contributed by atoms with Crippen molar-refractivity contribution in [3.05, 3.63) is 63.2 Å². The van der Waals surface area contributed by atoms with E-state index in [4.69, 9.17) is 9.29 Å². The van der Waals surface area contributed by atoms with E-state index in [1.807, 2.05) is 0 Å². The summed E-state index contributed by atoms with van der Waals surface area (Å²) in [6.45, 7) is 0. The van der Waals surface area contributed by atoms with Crippen LogP contribution in [0.15, 0.2) is 48.5 Å². The van der Waals surface area contributed by atoms with E-state index in [2.05, 4.69) is 4.74 Å². The summed E-state index contributed by atoms with van der Waals surface area (Å²) < 4.78 is 120. The molecule has 2 rings (SSSR count). The Morgan fingerprint density at radius 3 is 1.94 bits per heavy atom. The Balaban J connectivity index is 2.54. The first-order valence-electron chi connectivity index (χ1n) is 8.35. The molecule has 0 saturated carbocycles. The van der Waals surface area contributed by atoms with Crippen LogP contribution in [0.4, 0.5) is 26.3 Å². The third kappa shape index (κ3) is 6.35. The Morgan fingerprint density at radius 1 is 0.909 bits per heavy atom. The molecule has 1 N–H and O–H groups in total. The van der Waals surface area contributed by atoms with Gasteiger partial charge < -0.3 is 9.47 Å². The molecule has 7 nitrogen and oxygen atoms in total. The first-order valence-corrected chi connectivity index (χ1v) is 11.0. The fourth-order valence-electron chi connectivity index (χ4n) is 2.42. The predicted molar refractivity (Wildman–Crippen MR) is 107 cm³/mol. The molecule has 0 fully saturated rings. The Labute approximate surface area is 195 Å². The van der Waals surface area contributed by atoms with Crippen LogP contribution in [0.1, 0.15) is 20.7 Å². The van der Waals surface area contributed by atoms with Gasteiger partial charge in [0.1, 0.15) is 17.1 Å². The molecule has 0 radical (unpaired) electrons. The van der Waals surface area contributed by atoms with Crippen LogP contribution < -0.4 is 4.74 Å². The van der Waals surface area contributed by atoms with Crippen molar-refractivity contribution in [2.45, 2.75) is 18.0 Å². The summed E-state index contributed by atoms with van der Waals surface area (Å²) in [6.07, 6.45) is -13.0. The van der Waals surface area contributed by atoms with Crippen molar-refractivity contribution >= 4 is 44.6 Å². The minimum absolute atomic E-state index is 0.0537. The van der Waals surface area contributed by atoms with Crippen LogP contribution in [-0.2, 0) is 14.9 Å².